The van der Waals surface area contributed by atoms with E-state index in [2.05, 4.69) is 15.5 Å². The van der Waals surface area contributed by atoms with Crippen molar-refractivity contribution in [3.63, 3.8) is 0 Å². The summed E-state index contributed by atoms with van der Waals surface area (Å²) in [5, 5.41) is 5.11. The van der Waals surface area contributed by atoms with Gasteiger partial charge in [-0.3, -0.25) is 4.79 Å². The van der Waals surface area contributed by atoms with Crippen LogP contribution in [0, 0.1) is 12.4 Å². The number of amides is 2. The van der Waals surface area contributed by atoms with Gasteiger partial charge in [0.2, 0.25) is 0 Å². The fraction of sp³-hybridized carbons (Fsp3) is 0.438. The van der Waals surface area contributed by atoms with Gasteiger partial charge < -0.3 is 15.4 Å². The van der Waals surface area contributed by atoms with Gasteiger partial charge in [-0.2, -0.15) is 0 Å². The predicted molar refractivity (Wildman–Crippen MR) is 83.8 cm³/mol. The first kappa shape index (κ1) is 18.4. The van der Waals surface area contributed by atoms with E-state index in [0.717, 1.165) is 6.07 Å². The third kappa shape index (κ3) is 6.78. The molecule has 0 bridgehead atoms. The lowest BCUT2D eigenvalue weighted by Crippen LogP contribution is -2.34. The van der Waals surface area contributed by atoms with Gasteiger partial charge in [-0.05, 0) is 33.3 Å². The van der Waals surface area contributed by atoms with Gasteiger partial charge in [-0.1, -0.05) is 12.1 Å². The summed E-state index contributed by atoms with van der Waals surface area (Å²) >= 11 is 0. The molecule has 2 N–H and O–H groups in total. The van der Waals surface area contributed by atoms with Gasteiger partial charge in [0.1, 0.15) is 11.4 Å². The minimum absolute atomic E-state index is 0.113. The van der Waals surface area contributed by atoms with E-state index >= 15 is 0 Å². The van der Waals surface area contributed by atoms with Crippen LogP contribution in [0.1, 0.15) is 37.6 Å². The van der Waals surface area contributed by atoms with Crippen LogP contribution in [0.5, 0.6) is 0 Å². The zero-order valence-corrected chi connectivity index (χ0v) is 13.4. The Morgan fingerprint density at radius 3 is 2.48 bits per heavy atom. The van der Waals surface area contributed by atoms with Gasteiger partial charge in [0.25, 0.3) is 5.91 Å². The molecule has 0 heterocycles. The smallest absolute Gasteiger partial charge is 0.407 e. The van der Waals surface area contributed by atoms with Gasteiger partial charge in [-0.25, -0.2) is 14.0 Å². The second-order valence-electron chi connectivity index (χ2n) is 5.81. The molecule has 0 aromatic heterocycles. The lowest BCUT2D eigenvalue weighted by atomic mass is 10.2. The molecule has 0 saturated heterocycles. The first-order valence-electron chi connectivity index (χ1n) is 7.15. The molecule has 0 saturated carbocycles. The molecule has 0 radical (unpaired) electrons. The molecular formula is C16H20FN3O3. The highest BCUT2D eigenvalue weighted by molar-refractivity contribution is 5.94. The molecule has 2 amide bonds. The number of halogens is 1. The van der Waals surface area contributed by atoms with E-state index in [-0.39, 0.29) is 17.8 Å². The lowest BCUT2D eigenvalue weighted by Gasteiger charge is -2.19. The first-order valence-corrected chi connectivity index (χ1v) is 7.15. The standard InChI is InChI=1S/C16H20FN3O3/c1-16(2,3)23-15(22)20-9-5-8-19-14(21)12-7-6-11(18-4)10-13(12)17/h6-7,10H,5,8-9H2,1-3H3,(H,19,21)(H,20,22). The maximum absolute atomic E-state index is 13.6. The maximum atomic E-state index is 13.6. The van der Waals surface area contributed by atoms with Crippen LogP contribution in [-0.2, 0) is 4.74 Å². The van der Waals surface area contributed by atoms with Crippen molar-refractivity contribution in [2.45, 2.75) is 32.8 Å². The van der Waals surface area contributed by atoms with Gasteiger partial charge in [0, 0.05) is 13.1 Å². The van der Waals surface area contributed by atoms with E-state index in [1.807, 2.05) is 0 Å². The number of nitrogens with one attached hydrogen (secondary N) is 2. The van der Waals surface area contributed by atoms with Gasteiger partial charge in [0.05, 0.1) is 12.1 Å². The van der Waals surface area contributed by atoms with Crippen LogP contribution in [0.15, 0.2) is 18.2 Å². The van der Waals surface area contributed by atoms with E-state index in [1.165, 1.54) is 12.1 Å². The Kier molecular flexibility index (Phi) is 6.51. The zero-order chi connectivity index (χ0) is 17.5. The van der Waals surface area contributed by atoms with Gasteiger partial charge in [-0.15, -0.1) is 0 Å². The minimum Gasteiger partial charge on any atom is -0.444 e. The number of hydrogen-bond donors (Lipinski definition) is 2. The largest absolute Gasteiger partial charge is 0.444 e. The number of carbonyl (C=O) groups is 2. The molecule has 0 spiro atoms. The van der Waals surface area contributed by atoms with Crippen LogP contribution in [0.25, 0.3) is 4.85 Å². The van der Waals surface area contributed by atoms with Crippen molar-refractivity contribution in [3.05, 3.63) is 41.0 Å². The second-order valence-corrected chi connectivity index (χ2v) is 5.81. The van der Waals surface area contributed by atoms with E-state index in [4.69, 9.17) is 11.3 Å². The fourth-order valence-corrected chi connectivity index (χ4v) is 1.65. The van der Waals surface area contributed by atoms with Crippen LogP contribution in [0.4, 0.5) is 14.9 Å². The lowest BCUT2D eigenvalue weighted by molar-refractivity contribution is 0.0527. The summed E-state index contributed by atoms with van der Waals surface area (Å²) < 4.78 is 18.7. The molecule has 0 aliphatic heterocycles. The normalized spacial score (nSPS) is 10.6. The second kappa shape index (κ2) is 8.13. The molecule has 1 aromatic rings. The summed E-state index contributed by atoms with van der Waals surface area (Å²) in [5.41, 5.74) is -0.536. The van der Waals surface area contributed by atoms with Crippen LogP contribution in [0.2, 0.25) is 0 Å². The van der Waals surface area contributed by atoms with Crippen molar-refractivity contribution >= 4 is 17.7 Å². The number of ether oxygens (including phenoxy) is 1. The number of alkyl carbamates (subject to hydrolysis) is 1. The minimum atomic E-state index is -0.733. The van der Waals surface area contributed by atoms with Gasteiger partial charge in [0.15, 0.2) is 5.69 Å². The highest BCUT2D eigenvalue weighted by Gasteiger charge is 2.15. The Bertz CT molecular complexity index is 618. The molecule has 0 atom stereocenters. The van der Waals surface area contributed by atoms with E-state index < -0.39 is 23.4 Å². The Labute approximate surface area is 134 Å². The van der Waals surface area contributed by atoms with E-state index in [0.29, 0.717) is 13.0 Å². The molecule has 0 aliphatic rings. The third-order valence-corrected chi connectivity index (χ3v) is 2.63. The van der Waals surface area contributed by atoms with Crippen LogP contribution in [-0.4, -0.2) is 30.7 Å². The zero-order valence-electron chi connectivity index (χ0n) is 13.4. The molecule has 1 aromatic carbocycles. The average molecular weight is 321 g/mol. The van der Waals surface area contributed by atoms with Crippen LogP contribution < -0.4 is 10.6 Å². The number of benzene rings is 1. The quantitative estimate of drug-likeness (QED) is 0.647. The number of nitrogens with zero attached hydrogens (tertiary/aromatic N) is 1. The number of rotatable bonds is 5. The molecular weight excluding hydrogens is 301 g/mol. The van der Waals surface area contributed by atoms with E-state index in [1.54, 1.807) is 20.8 Å². The fourth-order valence-electron chi connectivity index (χ4n) is 1.65. The highest BCUT2D eigenvalue weighted by atomic mass is 19.1. The van der Waals surface area contributed by atoms with Crippen molar-refractivity contribution in [1.29, 1.82) is 0 Å². The topological polar surface area (TPSA) is 71.8 Å². The summed E-state index contributed by atoms with van der Waals surface area (Å²) in [6.07, 6.45) is -0.0446. The predicted octanol–water partition coefficient (Wildman–Crippen LogP) is 3.02. The highest BCUT2D eigenvalue weighted by Crippen LogP contribution is 2.16. The average Bonchev–Trinajstić information content (AvgIpc) is 2.44. The van der Waals surface area contributed by atoms with Crippen molar-refractivity contribution in [1.82, 2.24) is 10.6 Å². The summed E-state index contributed by atoms with van der Waals surface area (Å²) in [4.78, 5) is 26.3. The maximum Gasteiger partial charge on any atom is 0.407 e. The van der Waals surface area contributed by atoms with Gasteiger partial charge >= 0.3 is 6.09 Å². The SMILES string of the molecule is [C-]#[N+]c1ccc(C(=O)NCCCNC(=O)OC(C)(C)C)c(F)c1. The molecule has 124 valence electrons. The summed E-state index contributed by atoms with van der Waals surface area (Å²) in [7, 11) is 0. The summed E-state index contributed by atoms with van der Waals surface area (Å²) in [6, 6.07) is 3.68. The third-order valence-electron chi connectivity index (χ3n) is 2.63. The number of carbonyl (C=O) groups excluding carboxylic acids is 2. The Morgan fingerprint density at radius 1 is 1.26 bits per heavy atom. The monoisotopic (exact) mass is 321 g/mol. The summed E-state index contributed by atoms with van der Waals surface area (Å²) in [6.45, 7) is 12.7. The summed E-state index contributed by atoms with van der Waals surface area (Å²) in [5.74, 6) is -1.29. The molecule has 0 unspecified atom stereocenters. The molecule has 0 fully saturated rings. The Balaban J connectivity index is 2.33. The first-order chi connectivity index (χ1) is 10.7. The van der Waals surface area contributed by atoms with Crippen molar-refractivity contribution < 1.29 is 18.7 Å². The number of hydrogen-bond acceptors (Lipinski definition) is 3. The van der Waals surface area contributed by atoms with Crippen LogP contribution >= 0.6 is 0 Å². The van der Waals surface area contributed by atoms with Crippen molar-refractivity contribution in [3.8, 4) is 0 Å². The molecule has 7 heteroatoms. The molecule has 1 rings (SSSR count). The Morgan fingerprint density at radius 2 is 1.91 bits per heavy atom. The van der Waals surface area contributed by atoms with Crippen molar-refractivity contribution in [2.75, 3.05) is 13.1 Å². The van der Waals surface area contributed by atoms with Crippen molar-refractivity contribution in [2.24, 2.45) is 0 Å². The molecule has 0 aliphatic carbocycles. The Hall–Kier alpha value is -2.62. The molecule has 23 heavy (non-hydrogen) atoms. The molecule has 6 nitrogen and oxygen atoms in total. The van der Waals surface area contributed by atoms with Crippen LogP contribution in [0.3, 0.4) is 0 Å². The van der Waals surface area contributed by atoms with E-state index in [9.17, 15) is 14.0 Å².